The summed E-state index contributed by atoms with van der Waals surface area (Å²) in [6, 6.07) is 20.0. The average molecular weight is 489 g/mol. The Bertz CT molecular complexity index is 1540. The Morgan fingerprint density at radius 3 is 2.56 bits per heavy atom. The number of fused-ring (bicyclic) bond motifs is 5. The monoisotopic (exact) mass is 488 g/mol. The molecule has 3 aromatic heterocycles. The Kier molecular flexibility index (Phi) is 5.51. The topological polar surface area (TPSA) is 61.4 Å². The zero-order valence-corrected chi connectivity index (χ0v) is 20.6. The number of benzene rings is 2. The van der Waals surface area contributed by atoms with E-state index in [4.69, 9.17) is 4.74 Å². The second kappa shape index (κ2) is 8.69. The van der Waals surface area contributed by atoms with Crippen molar-refractivity contribution in [2.24, 2.45) is 5.92 Å². The first-order valence-corrected chi connectivity index (χ1v) is 13.2. The fourth-order valence-corrected chi connectivity index (χ4v) is 6.68. The first kappa shape index (κ1) is 21.6. The molecule has 0 spiro atoms. The number of hydrogen-bond donors (Lipinski definition) is 0. The molecular weight excluding hydrogens is 464 g/mol. The minimum Gasteiger partial charge on any atom is -0.372 e. The van der Waals surface area contributed by atoms with Gasteiger partial charge in [-0.1, -0.05) is 74.1 Å². The highest BCUT2D eigenvalue weighted by Gasteiger charge is 2.30. The number of ether oxygens (including phenoxy) is 1. The average Bonchev–Trinajstić information content (AvgIpc) is 3.45. The molecule has 5 aromatic rings. The van der Waals surface area contributed by atoms with Crippen LogP contribution in [-0.4, -0.2) is 25.3 Å². The summed E-state index contributed by atoms with van der Waals surface area (Å²) in [6.07, 6.45) is 0.857. The zero-order chi connectivity index (χ0) is 23.2. The first-order chi connectivity index (χ1) is 16.6. The zero-order valence-electron chi connectivity index (χ0n) is 19.0. The Hall–Kier alpha value is -2.94. The van der Waals surface area contributed by atoms with Gasteiger partial charge in [-0.3, -0.25) is 4.79 Å². The minimum absolute atomic E-state index is 0.0392. The summed E-state index contributed by atoms with van der Waals surface area (Å²) in [5, 5.41) is 10.6. The number of hydrogen-bond acceptors (Lipinski definition) is 6. The molecule has 0 N–H and O–H groups in total. The van der Waals surface area contributed by atoms with E-state index in [9.17, 15) is 4.79 Å². The highest BCUT2D eigenvalue weighted by molar-refractivity contribution is 7.98. The van der Waals surface area contributed by atoms with Gasteiger partial charge in [0.1, 0.15) is 4.83 Å². The van der Waals surface area contributed by atoms with Crippen molar-refractivity contribution in [3.05, 3.63) is 87.0 Å². The smallest absolute Gasteiger partial charge is 0.268 e. The number of para-hydroxylation sites is 1. The van der Waals surface area contributed by atoms with Gasteiger partial charge in [-0.15, -0.1) is 21.5 Å². The molecule has 0 bridgehead atoms. The third-order valence-electron chi connectivity index (χ3n) is 6.31. The molecule has 6 rings (SSSR count). The number of rotatable bonds is 5. The van der Waals surface area contributed by atoms with Gasteiger partial charge in [0.15, 0.2) is 5.16 Å². The quantitative estimate of drug-likeness (QED) is 0.306. The molecule has 34 heavy (non-hydrogen) atoms. The Morgan fingerprint density at radius 1 is 1.09 bits per heavy atom. The first-order valence-electron chi connectivity index (χ1n) is 11.4. The van der Waals surface area contributed by atoms with Crippen LogP contribution in [0.1, 0.15) is 29.9 Å². The van der Waals surface area contributed by atoms with Gasteiger partial charge < -0.3 is 4.74 Å². The Labute approximate surface area is 205 Å². The lowest BCUT2D eigenvalue weighted by Gasteiger charge is -2.26. The molecule has 0 saturated heterocycles. The van der Waals surface area contributed by atoms with E-state index in [0.29, 0.717) is 18.3 Å². The third-order valence-corrected chi connectivity index (χ3v) is 8.50. The van der Waals surface area contributed by atoms with Crippen LogP contribution in [0.2, 0.25) is 0 Å². The molecule has 0 radical (unpaired) electrons. The van der Waals surface area contributed by atoms with E-state index < -0.39 is 0 Å². The molecule has 1 aliphatic rings. The summed E-state index contributed by atoms with van der Waals surface area (Å²) in [4.78, 5) is 16.0. The number of thiophene rings is 1. The van der Waals surface area contributed by atoms with E-state index in [1.807, 2.05) is 48.5 Å². The summed E-state index contributed by atoms with van der Waals surface area (Å²) < 4.78 is 9.90. The van der Waals surface area contributed by atoms with Crippen molar-refractivity contribution in [1.29, 1.82) is 0 Å². The van der Waals surface area contributed by atoms with Crippen LogP contribution in [0.25, 0.3) is 21.7 Å². The largest absolute Gasteiger partial charge is 0.372 e. The fourth-order valence-electron chi connectivity index (χ4n) is 4.49. The lowest BCUT2D eigenvalue weighted by Crippen LogP contribution is -2.28. The molecule has 1 atom stereocenters. The van der Waals surface area contributed by atoms with Crippen molar-refractivity contribution < 1.29 is 4.74 Å². The molecule has 4 heterocycles. The van der Waals surface area contributed by atoms with Crippen LogP contribution in [0, 0.1) is 5.92 Å². The lowest BCUT2D eigenvalue weighted by molar-refractivity contribution is 0.00200. The molecule has 0 saturated carbocycles. The van der Waals surface area contributed by atoms with Gasteiger partial charge in [0.05, 0.1) is 23.8 Å². The minimum atomic E-state index is -0.0392. The summed E-state index contributed by atoms with van der Waals surface area (Å²) in [6.45, 7) is 4.88. The second-order valence-electron chi connectivity index (χ2n) is 8.85. The van der Waals surface area contributed by atoms with Gasteiger partial charge in [0, 0.05) is 17.1 Å². The molecule has 6 nitrogen and oxygen atoms in total. The molecule has 8 heteroatoms. The van der Waals surface area contributed by atoms with Crippen LogP contribution in [0.5, 0.6) is 0 Å². The van der Waals surface area contributed by atoms with Crippen LogP contribution >= 0.6 is 23.1 Å². The van der Waals surface area contributed by atoms with Crippen LogP contribution in [-0.2, 0) is 23.5 Å². The Balaban J connectivity index is 1.59. The highest BCUT2D eigenvalue weighted by atomic mass is 32.2. The summed E-state index contributed by atoms with van der Waals surface area (Å²) >= 11 is 3.27. The van der Waals surface area contributed by atoms with E-state index in [2.05, 4.69) is 40.6 Å². The predicted molar refractivity (Wildman–Crippen MR) is 137 cm³/mol. The van der Waals surface area contributed by atoms with Crippen molar-refractivity contribution in [2.75, 3.05) is 0 Å². The van der Waals surface area contributed by atoms with Crippen molar-refractivity contribution in [1.82, 2.24) is 19.2 Å². The summed E-state index contributed by atoms with van der Waals surface area (Å²) in [5.41, 5.74) is 3.09. The molecule has 0 unspecified atom stereocenters. The van der Waals surface area contributed by atoms with Gasteiger partial charge >= 0.3 is 0 Å². The van der Waals surface area contributed by atoms with Crippen molar-refractivity contribution in [3.8, 4) is 5.69 Å². The normalized spacial score (nSPS) is 15.9. The lowest BCUT2D eigenvalue weighted by atomic mass is 9.96. The van der Waals surface area contributed by atoms with Crippen LogP contribution in [0.15, 0.2) is 70.6 Å². The Morgan fingerprint density at radius 2 is 1.82 bits per heavy atom. The number of thioether (sulfide) groups is 1. The van der Waals surface area contributed by atoms with Gasteiger partial charge in [-0.05, 0) is 29.2 Å². The van der Waals surface area contributed by atoms with Crippen molar-refractivity contribution in [3.63, 3.8) is 0 Å². The molecule has 0 fully saturated rings. The van der Waals surface area contributed by atoms with Crippen molar-refractivity contribution in [2.45, 2.75) is 43.9 Å². The molecule has 0 aliphatic carbocycles. The maximum atomic E-state index is 14.0. The van der Waals surface area contributed by atoms with Gasteiger partial charge in [-0.25, -0.2) is 8.97 Å². The van der Waals surface area contributed by atoms with Crippen molar-refractivity contribution >= 4 is 39.1 Å². The van der Waals surface area contributed by atoms with Crippen LogP contribution < -0.4 is 5.56 Å². The molecule has 172 valence electrons. The van der Waals surface area contributed by atoms with Gasteiger partial charge in [0.2, 0.25) is 5.78 Å². The SMILES string of the molecule is CC(C)[C@@H]1Cc2c(sc3c2c(=O)n(-c2ccccc2)c2nnc(SCc4ccccc4)n32)CO1. The maximum Gasteiger partial charge on any atom is 0.268 e. The van der Waals surface area contributed by atoms with Crippen LogP contribution in [0.4, 0.5) is 0 Å². The molecular formula is C26H24N4O2S2. The van der Waals surface area contributed by atoms with E-state index >= 15 is 0 Å². The molecule has 0 amide bonds. The van der Waals surface area contributed by atoms with Gasteiger partial charge in [0.25, 0.3) is 5.56 Å². The maximum absolute atomic E-state index is 14.0. The third kappa shape index (κ3) is 3.57. The van der Waals surface area contributed by atoms with E-state index in [1.54, 1.807) is 27.7 Å². The van der Waals surface area contributed by atoms with E-state index in [-0.39, 0.29) is 11.7 Å². The van der Waals surface area contributed by atoms with E-state index in [0.717, 1.165) is 43.7 Å². The summed E-state index contributed by atoms with van der Waals surface area (Å²) in [5.74, 6) is 1.70. The fraction of sp³-hybridized carbons (Fsp3) is 0.269. The van der Waals surface area contributed by atoms with E-state index in [1.165, 1.54) is 5.56 Å². The number of nitrogens with zero attached hydrogens (tertiary/aromatic N) is 4. The number of aromatic nitrogens is 4. The summed E-state index contributed by atoms with van der Waals surface area (Å²) in [7, 11) is 0. The second-order valence-corrected chi connectivity index (χ2v) is 10.9. The van der Waals surface area contributed by atoms with Crippen LogP contribution in [0.3, 0.4) is 0 Å². The standard InChI is InChI=1S/C26H24N4O2S2/c1-16(2)20-13-19-21(14-32-20)34-24-22(19)23(31)29(18-11-7-4-8-12-18)25-27-28-26(30(24)25)33-15-17-9-5-3-6-10-17/h3-12,16,20H,13-15H2,1-2H3/t20-/m0/s1. The molecule has 1 aliphatic heterocycles. The van der Waals surface area contributed by atoms with Gasteiger partial charge in [-0.2, -0.15) is 0 Å². The highest BCUT2D eigenvalue weighted by Crippen LogP contribution is 2.37. The molecule has 2 aromatic carbocycles. The predicted octanol–water partition coefficient (Wildman–Crippen LogP) is 5.48.